The Bertz CT molecular complexity index is 1510. The van der Waals surface area contributed by atoms with Crippen LogP contribution in [0.2, 0.25) is 0 Å². The summed E-state index contributed by atoms with van der Waals surface area (Å²) in [5.41, 5.74) is 5.93. The minimum absolute atomic E-state index is 0.184. The normalized spacial score (nSPS) is 22.7. The molecule has 1 saturated carbocycles. The van der Waals surface area contributed by atoms with Crippen molar-refractivity contribution in [1.82, 2.24) is 4.57 Å². The number of nitrogens with zero attached hydrogens (tertiary/aromatic N) is 3. The van der Waals surface area contributed by atoms with Crippen molar-refractivity contribution in [3.05, 3.63) is 90.3 Å². The molecule has 0 radical (unpaired) electrons. The van der Waals surface area contributed by atoms with Gasteiger partial charge in [-0.3, -0.25) is 0 Å². The number of hydrogen-bond donors (Lipinski definition) is 0. The van der Waals surface area contributed by atoms with Crippen LogP contribution in [0.15, 0.2) is 83.3 Å². The topological polar surface area (TPSA) is 65.2 Å². The van der Waals surface area contributed by atoms with E-state index in [9.17, 15) is 4.79 Å². The molecule has 218 valence electrons. The molecule has 6 nitrogen and oxygen atoms in total. The van der Waals surface area contributed by atoms with Gasteiger partial charge in [0.25, 0.3) is 0 Å². The minimum Gasteiger partial charge on any atom is -0.474 e. The van der Waals surface area contributed by atoms with Gasteiger partial charge in [-0.2, -0.15) is 0 Å². The molecule has 2 atom stereocenters. The third kappa shape index (κ3) is 5.12. The number of hydrogen-bond acceptors (Lipinski definition) is 5. The van der Waals surface area contributed by atoms with E-state index >= 15 is 0 Å². The number of para-hydroxylation sites is 1. The highest BCUT2D eigenvalue weighted by Crippen LogP contribution is 2.47. The van der Waals surface area contributed by atoms with Crippen LogP contribution in [-0.2, 0) is 21.4 Å². The number of benzene rings is 2. The maximum atomic E-state index is 13.0. The number of ether oxygens (including phenoxy) is 2. The molecule has 6 heteroatoms. The fraction of sp³-hybridized carbons (Fsp3) is 0.417. The quantitative estimate of drug-likeness (QED) is 0.158. The van der Waals surface area contributed by atoms with Gasteiger partial charge >= 0.3 is 5.97 Å². The summed E-state index contributed by atoms with van der Waals surface area (Å²) in [5.74, 6) is 0.868. The first-order chi connectivity index (χ1) is 20.6. The van der Waals surface area contributed by atoms with E-state index in [2.05, 4.69) is 42.3 Å². The fourth-order valence-electron chi connectivity index (χ4n) is 7.19. The van der Waals surface area contributed by atoms with Crippen LogP contribution in [0.5, 0.6) is 0 Å². The van der Waals surface area contributed by atoms with E-state index in [-0.39, 0.29) is 17.4 Å². The average Bonchev–Trinajstić information content (AvgIpc) is 3.70. The van der Waals surface area contributed by atoms with Gasteiger partial charge in [0.1, 0.15) is 18.0 Å². The first-order valence-electron chi connectivity index (χ1n) is 15.5. The second-order valence-electron chi connectivity index (χ2n) is 11.8. The van der Waals surface area contributed by atoms with Gasteiger partial charge in [-0.25, -0.2) is 14.8 Å². The molecule has 1 aromatic heterocycles. The van der Waals surface area contributed by atoms with Gasteiger partial charge in [-0.1, -0.05) is 80.8 Å². The summed E-state index contributed by atoms with van der Waals surface area (Å²) in [6.07, 6.45) is 11.2. The number of aromatic nitrogens is 1. The van der Waals surface area contributed by atoms with E-state index in [1.54, 1.807) is 0 Å². The molecule has 2 aliphatic heterocycles. The van der Waals surface area contributed by atoms with Crippen LogP contribution in [0.1, 0.15) is 80.0 Å². The summed E-state index contributed by atoms with van der Waals surface area (Å²) in [6, 6.07) is 20.5. The maximum absolute atomic E-state index is 13.0. The van der Waals surface area contributed by atoms with Crippen LogP contribution in [-0.4, -0.2) is 41.9 Å². The lowest BCUT2D eigenvalue weighted by Crippen LogP contribution is -2.32. The molecule has 42 heavy (non-hydrogen) atoms. The Morgan fingerprint density at radius 3 is 2.60 bits per heavy atom. The van der Waals surface area contributed by atoms with Crippen molar-refractivity contribution in [3.8, 4) is 11.1 Å². The molecule has 1 unspecified atom stereocenters. The highest BCUT2D eigenvalue weighted by atomic mass is 16.5. The zero-order chi connectivity index (χ0) is 29.1. The van der Waals surface area contributed by atoms with Crippen LogP contribution in [0.3, 0.4) is 0 Å². The van der Waals surface area contributed by atoms with Gasteiger partial charge in [0.2, 0.25) is 5.90 Å². The molecule has 2 aromatic carbocycles. The monoisotopic (exact) mass is 563 g/mol. The third-order valence-electron chi connectivity index (χ3n) is 9.53. The third-order valence-corrected chi connectivity index (χ3v) is 9.53. The van der Waals surface area contributed by atoms with E-state index < -0.39 is 0 Å². The summed E-state index contributed by atoms with van der Waals surface area (Å²) in [5, 5.41) is 0. The summed E-state index contributed by atoms with van der Waals surface area (Å²) in [6.45, 7) is 7.83. The lowest BCUT2D eigenvalue weighted by molar-refractivity contribution is 0.0586. The summed E-state index contributed by atoms with van der Waals surface area (Å²) >= 11 is 0. The molecule has 0 saturated heterocycles. The molecule has 3 heterocycles. The molecule has 3 aliphatic rings. The standard InChI is InChI=1S/C36H41N3O3/c1-4-36(5-2)21-14-22-39-31(35(40)41-3)23-28(33(36)39)27-19-12-13-20-29(27)37-32(26-17-10-7-11-18-26)34-38-30(24-42-34)25-15-8-6-9-16-25/h4,7,10-13,17-20,23,25,30H,1,5-6,8-9,14-16,21-22,24H2,2-3H3/t30-,36?/m0/s1. The smallest absolute Gasteiger partial charge is 0.354 e. The van der Waals surface area contributed by atoms with Gasteiger partial charge in [0.15, 0.2) is 0 Å². The summed E-state index contributed by atoms with van der Waals surface area (Å²) in [4.78, 5) is 23.4. The van der Waals surface area contributed by atoms with Gasteiger partial charge < -0.3 is 14.0 Å². The number of aliphatic imine (C=N–C) groups is 2. The van der Waals surface area contributed by atoms with Gasteiger partial charge in [-0.05, 0) is 50.2 Å². The number of allylic oxidation sites excluding steroid dienone is 1. The zero-order valence-corrected chi connectivity index (χ0v) is 24.9. The molecule has 0 spiro atoms. The van der Waals surface area contributed by atoms with Crippen LogP contribution in [0.25, 0.3) is 11.1 Å². The van der Waals surface area contributed by atoms with Crippen LogP contribution in [0.4, 0.5) is 5.69 Å². The fourth-order valence-corrected chi connectivity index (χ4v) is 7.19. The van der Waals surface area contributed by atoms with Crippen molar-refractivity contribution >= 4 is 23.3 Å². The highest BCUT2D eigenvalue weighted by Gasteiger charge is 2.39. The van der Waals surface area contributed by atoms with Crippen molar-refractivity contribution in [2.45, 2.75) is 76.3 Å². The Morgan fingerprint density at radius 1 is 1.10 bits per heavy atom. The van der Waals surface area contributed by atoms with Crippen LogP contribution < -0.4 is 0 Å². The number of fused-ring (bicyclic) bond motifs is 1. The molecule has 0 N–H and O–H groups in total. The van der Waals surface area contributed by atoms with Gasteiger partial charge in [-0.15, -0.1) is 6.58 Å². The second kappa shape index (κ2) is 12.1. The Morgan fingerprint density at radius 2 is 1.86 bits per heavy atom. The molecular weight excluding hydrogens is 522 g/mol. The summed E-state index contributed by atoms with van der Waals surface area (Å²) in [7, 11) is 1.44. The van der Waals surface area contributed by atoms with Crippen molar-refractivity contribution in [1.29, 1.82) is 0 Å². The molecule has 6 rings (SSSR count). The number of carbonyl (C=O) groups excluding carboxylic acids is 1. The predicted molar refractivity (Wildman–Crippen MR) is 169 cm³/mol. The Hall–Kier alpha value is -3.93. The van der Waals surface area contributed by atoms with Crippen molar-refractivity contribution in [2.75, 3.05) is 13.7 Å². The number of esters is 1. The average molecular weight is 564 g/mol. The van der Waals surface area contributed by atoms with Crippen LogP contribution in [0, 0.1) is 5.92 Å². The first kappa shape index (κ1) is 28.2. The summed E-state index contributed by atoms with van der Waals surface area (Å²) < 4.78 is 13.7. The lowest BCUT2D eigenvalue weighted by Gasteiger charge is -2.37. The Balaban J connectivity index is 1.50. The van der Waals surface area contributed by atoms with E-state index in [4.69, 9.17) is 19.5 Å². The molecule has 0 bridgehead atoms. The van der Waals surface area contributed by atoms with Gasteiger partial charge in [0.05, 0.1) is 18.8 Å². The molecular formula is C36H41N3O3. The molecule has 3 aromatic rings. The first-order valence-corrected chi connectivity index (χ1v) is 15.5. The number of carbonyl (C=O) groups is 1. The van der Waals surface area contributed by atoms with E-state index in [1.807, 2.05) is 42.5 Å². The predicted octanol–water partition coefficient (Wildman–Crippen LogP) is 8.07. The van der Waals surface area contributed by atoms with E-state index in [0.29, 0.717) is 24.1 Å². The molecule has 1 fully saturated rings. The Kier molecular flexibility index (Phi) is 8.14. The maximum Gasteiger partial charge on any atom is 0.354 e. The van der Waals surface area contributed by atoms with Crippen LogP contribution >= 0.6 is 0 Å². The lowest BCUT2D eigenvalue weighted by atomic mass is 9.73. The van der Waals surface area contributed by atoms with E-state index in [1.165, 1.54) is 39.2 Å². The van der Waals surface area contributed by atoms with E-state index in [0.717, 1.165) is 59.6 Å². The molecule has 1 aliphatic carbocycles. The molecule has 0 amide bonds. The van der Waals surface area contributed by atoms with Crippen molar-refractivity contribution in [2.24, 2.45) is 15.9 Å². The largest absolute Gasteiger partial charge is 0.474 e. The van der Waals surface area contributed by atoms with Gasteiger partial charge in [0, 0.05) is 34.3 Å². The van der Waals surface area contributed by atoms with Crippen molar-refractivity contribution < 1.29 is 14.3 Å². The minimum atomic E-state index is -0.327. The zero-order valence-electron chi connectivity index (χ0n) is 24.9. The van der Waals surface area contributed by atoms with Crippen molar-refractivity contribution in [3.63, 3.8) is 0 Å². The SMILES string of the molecule is C=CC1(CC)CCCn2c(C(=O)OC)cc(-c3ccccc3N=C(C3=N[C@H](C4CCCCC4)CO3)c3ccccc3)c21. The Labute approximate surface area is 249 Å². The second-order valence-corrected chi connectivity index (χ2v) is 11.8. The number of rotatable bonds is 8. The highest BCUT2D eigenvalue weighted by molar-refractivity contribution is 6.46. The number of methoxy groups -OCH3 is 1.